The smallest absolute Gasteiger partial charge is 0.320 e. The Morgan fingerprint density at radius 2 is 2.16 bits per heavy atom. The van der Waals surface area contributed by atoms with E-state index in [1.54, 1.807) is 7.11 Å². The molecule has 0 radical (unpaired) electrons. The molecule has 1 unspecified atom stereocenters. The summed E-state index contributed by atoms with van der Waals surface area (Å²) in [7, 11) is 1.61. The number of benzene rings is 1. The number of carbonyl (C=O) groups is 1. The normalized spacial score (nSPS) is 12.5. The molecule has 1 atom stereocenters. The van der Waals surface area contributed by atoms with E-state index in [1.165, 1.54) is 0 Å². The van der Waals surface area contributed by atoms with Crippen molar-refractivity contribution in [2.45, 2.75) is 32.9 Å². The molecule has 0 saturated heterocycles. The van der Waals surface area contributed by atoms with Crippen molar-refractivity contribution >= 4 is 21.9 Å². The summed E-state index contributed by atoms with van der Waals surface area (Å²) in [4.78, 5) is 11.1. The van der Waals surface area contributed by atoms with Crippen molar-refractivity contribution in [1.82, 2.24) is 5.32 Å². The third kappa shape index (κ3) is 5.20. The first-order chi connectivity index (χ1) is 8.93. The Bertz CT molecular complexity index is 435. The summed E-state index contributed by atoms with van der Waals surface area (Å²) in [5.74, 6) is 0.304. The van der Waals surface area contributed by atoms with Crippen LogP contribution in [0.4, 0.5) is 0 Å². The van der Waals surface area contributed by atoms with Gasteiger partial charge in [0.25, 0.3) is 0 Å². The van der Waals surface area contributed by atoms with Crippen LogP contribution < -0.4 is 10.1 Å². The van der Waals surface area contributed by atoms with Gasteiger partial charge in [0.05, 0.1) is 11.6 Å². The van der Waals surface area contributed by atoms with Gasteiger partial charge in [0, 0.05) is 6.54 Å². The van der Waals surface area contributed by atoms with Crippen molar-refractivity contribution < 1.29 is 14.6 Å². The van der Waals surface area contributed by atoms with E-state index in [0.717, 1.165) is 15.8 Å². The quantitative estimate of drug-likeness (QED) is 0.807. The summed E-state index contributed by atoms with van der Waals surface area (Å²) in [5.41, 5.74) is 1.02. The largest absolute Gasteiger partial charge is 0.496 e. The average Bonchev–Trinajstić information content (AvgIpc) is 2.34. The van der Waals surface area contributed by atoms with Crippen LogP contribution in [-0.4, -0.2) is 24.2 Å². The summed E-state index contributed by atoms with van der Waals surface area (Å²) >= 11 is 3.41. The number of carboxylic acids is 1. The molecule has 0 bridgehead atoms. The highest BCUT2D eigenvalue weighted by atomic mass is 79.9. The fourth-order valence-electron chi connectivity index (χ4n) is 1.80. The molecule has 19 heavy (non-hydrogen) atoms. The number of rotatable bonds is 7. The molecule has 2 N–H and O–H groups in total. The zero-order valence-electron chi connectivity index (χ0n) is 11.4. The lowest BCUT2D eigenvalue weighted by Gasteiger charge is -2.16. The van der Waals surface area contributed by atoms with Gasteiger partial charge in [-0.25, -0.2) is 0 Å². The van der Waals surface area contributed by atoms with Crippen molar-refractivity contribution in [1.29, 1.82) is 0 Å². The first kappa shape index (κ1) is 16.0. The molecule has 1 aromatic rings. The minimum Gasteiger partial charge on any atom is -0.496 e. The maximum absolute atomic E-state index is 11.1. The fraction of sp³-hybridized carbons (Fsp3) is 0.500. The lowest BCUT2D eigenvalue weighted by molar-refractivity contribution is -0.140. The second kappa shape index (κ2) is 7.50. The van der Waals surface area contributed by atoms with Gasteiger partial charge in [-0.3, -0.25) is 4.79 Å². The Morgan fingerprint density at radius 1 is 1.47 bits per heavy atom. The molecule has 0 spiro atoms. The molecule has 0 heterocycles. The van der Waals surface area contributed by atoms with Crippen molar-refractivity contribution in [3.05, 3.63) is 28.2 Å². The van der Waals surface area contributed by atoms with Crippen LogP contribution in [0.25, 0.3) is 0 Å². The van der Waals surface area contributed by atoms with Crippen molar-refractivity contribution in [2.75, 3.05) is 7.11 Å². The minimum absolute atomic E-state index is 0.344. The van der Waals surface area contributed by atoms with Crippen LogP contribution in [-0.2, 0) is 11.3 Å². The van der Waals surface area contributed by atoms with Gasteiger partial charge >= 0.3 is 5.97 Å². The second-order valence-electron chi connectivity index (χ2n) is 4.87. The Kier molecular flexibility index (Phi) is 6.31. The summed E-state index contributed by atoms with van der Waals surface area (Å²) in [6.07, 6.45) is 0.618. The van der Waals surface area contributed by atoms with Gasteiger partial charge < -0.3 is 15.2 Å². The first-order valence-electron chi connectivity index (χ1n) is 6.22. The molecule has 0 aliphatic carbocycles. The third-order valence-electron chi connectivity index (χ3n) is 2.77. The lowest BCUT2D eigenvalue weighted by Crippen LogP contribution is -2.37. The molecule has 106 valence electrons. The zero-order chi connectivity index (χ0) is 14.4. The van der Waals surface area contributed by atoms with Crippen LogP contribution in [0.15, 0.2) is 22.7 Å². The molecule has 1 rings (SSSR count). The fourth-order valence-corrected chi connectivity index (χ4v) is 2.39. The molecule has 0 aliphatic heterocycles. The van der Waals surface area contributed by atoms with Crippen LogP contribution >= 0.6 is 15.9 Å². The van der Waals surface area contributed by atoms with Crippen LogP contribution in [0, 0.1) is 5.92 Å². The Labute approximate surface area is 122 Å². The van der Waals surface area contributed by atoms with Crippen LogP contribution in [0.3, 0.4) is 0 Å². The molecular weight excluding hydrogens is 310 g/mol. The van der Waals surface area contributed by atoms with E-state index >= 15 is 0 Å². The van der Waals surface area contributed by atoms with Crippen molar-refractivity contribution in [3.8, 4) is 5.75 Å². The second-order valence-corrected chi connectivity index (χ2v) is 5.72. The van der Waals surface area contributed by atoms with Crippen molar-refractivity contribution in [2.24, 2.45) is 5.92 Å². The Balaban J connectivity index is 2.64. The van der Waals surface area contributed by atoms with Crippen LogP contribution in [0.2, 0.25) is 0 Å². The van der Waals surface area contributed by atoms with Gasteiger partial charge in [0.2, 0.25) is 0 Å². The molecule has 0 amide bonds. The van der Waals surface area contributed by atoms with Crippen LogP contribution in [0.5, 0.6) is 5.75 Å². The Hall–Kier alpha value is -1.07. The number of methoxy groups -OCH3 is 1. The standard InChI is InChI=1S/C14H20BrNO3/c1-9(2)6-12(14(17)18)16-8-10-4-5-13(19-3)11(15)7-10/h4-5,7,9,12,16H,6,8H2,1-3H3,(H,17,18). The monoisotopic (exact) mass is 329 g/mol. The van der Waals surface area contributed by atoms with Gasteiger partial charge in [0.1, 0.15) is 11.8 Å². The molecule has 0 fully saturated rings. The van der Waals surface area contributed by atoms with E-state index < -0.39 is 12.0 Å². The van der Waals surface area contributed by atoms with Gasteiger partial charge in [-0.1, -0.05) is 19.9 Å². The molecule has 5 heteroatoms. The Morgan fingerprint density at radius 3 is 2.63 bits per heavy atom. The van der Waals surface area contributed by atoms with Gasteiger partial charge in [0.15, 0.2) is 0 Å². The average molecular weight is 330 g/mol. The predicted octanol–water partition coefficient (Wildman–Crippen LogP) is 3.05. The molecular formula is C14H20BrNO3. The van der Waals surface area contributed by atoms with Crippen LogP contribution in [0.1, 0.15) is 25.8 Å². The number of hydrogen-bond donors (Lipinski definition) is 2. The highest BCUT2D eigenvalue weighted by Crippen LogP contribution is 2.25. The van der Waals surface area contributed by atoms with E-state index in [1.807, 2.05) is 32.0 Å². The first-order valence-corrected chi connectivity index (χ1v) is 7.02. The van der Waals surface area contributed by atoms with E-state index in [9.17, 15) is 4.79 Å². The maximum atomic E-state index is 11.1. The molecule has 0 aliphatic rings. The number of hydrogen-bond acceptors (Lipinski definition) is 3. The maximum Gasteiger partial charge on any atom is 0.320 e. The number of halogens is 1. The lowest BCUT2D eigenvalue weighted by atomic mass is 10.0. The minimum atomic E-state index is -0.804. The topological polar surface area (TPSA) is 58.6 Å². The third-order valence-corrected chi connectivity index (χ3v) is 3.39. The summed E-state index contributed by atoms with van der Waals surface area (Å²) in [5, 5.41) is 12.2. The van der Waals surface area contributed by atoms with Crippen molar-refractivity contribution in [3.63, 3.8) is 0 Å². The number of ether oxygens (including phenoxy) is 1. The summed E-state index contributed by atoms with van der Waals surface area (Å²) in [6, 6.07) is 5.20. The number of nitrogens with one attached hydrogen (secondary N) is 1. The molecule has 1 aromatic carbocycles. The van der Waals surface area contributed by atoms with E-state index in [2.05, 4.69) is 21.2 Å². The molecule has 0 saturated carbocycles. The van der Waals surface area contributed by atoms with E-state index in [4.69, 9.17) is 9.84 Å². The summed E-state index contributed by atoms with van der Waals surface area (Å²) < 4.78 is 6.02. The number of carboxylic acid groups (broad SMARTS) is 1. The highest BCUT2D eigenvalue weighted by Gasteiger charge is 2.18. The van der Waals surface area contributed by atoms with Gasteiger partial charge in [-0.05, 0) is 46.0 Å². The highest BCUT2D eigenvalue weighted by molar-refractivity contribution is 9.10. The molecule has 4 nitrogen and oxygen atoms in total. The van der Waals surface area contributed by atoms with Gasteiger partial charge in [-0.2, -0.15) is 0 Å². The molecule has 0 aromatic heterocycles. The van der Waals surface area contributed by atoms with Gasteiger partial charge in [-0.15, -0.1) is 0 Å². The van der Waals surface area contributed by atoms with E-state index in [-0.39, 0.29) is 0 Å². The number of aliphatic carboxylic acids is 1. The van der Waals surface area contributed by atoms with E-state index in [0.29, 0.717) is 18.9 Å². The SMILES string of the molecule is COc1ccc(CNC(CC(C)C)C(=O)O)cc1Br. The summed E-state index contributed by atoms with van der Waals surface area (Å²) in [6.45, 7) is 4.55. The predicted molar refractivity (Wildman–Crippen MR) is 78.4 cm³/mol. The zero-order valence-corrected chi connectivity index (χ0v) is 13.0.